The van der Waals surface area contributed by atoms with Gasteiger partial charge in [-0.15, -0.1) is 0 Å². The number of hydrogen-bond acceptors (Lipinski definition) is 3. The Morgan fingerprint density at radius 3 is 1.50 bits per heavy atom. The summed E-state index contributed by atoms with van der Waals surface area (Å²) in [6, 6.07) is 14.8. The zero-order valence-corrected chi connectivity index (χ0v) is 14.1. The van der Waals surface area contributed by atoms with Crippen LogP contribution in [0.2, 0.25) is 0 Å². The Morgan fingerprint density at radius 2 is 1.19 bits per heavy atom. The summed E-state index contributed by atoms with van der Waals surface area (Å²) < 4.78 is 0. The van der Waals surface area contributed by atoms with Gasteiger partial charge in [-0.25, -0.2) is 4.79 Å². The molecule has 6 rings (SSSR count). The molecule has 1 N–H and O–H groups in total. The molecule has 26 heavy (non-hydrogen) atoms. The fraction of sp³-hybridized carbons (Fsp3) is 0.286. The minimum atomic E-state index is -1.16. The van der Waals surface area contributed by atoms with Crippen LogP contribution in [0.15, 0.2) is 48.5 Å². The van der Waals surface area contributed by atoms with Crippen molar-refractivity contribution in [1.82, 2.24) is 4.90 Å². The van der Waals surface area contributed by atoms with Crippen LogP contribution in [0.3, 0.4) is 0 Å². The summed E-state index contributed by atoms with van der Waals surface area (Å²) >= 11 is 0. The SMILES string of the molecule is C[C@@H](C(=O)O)N1C(=O)[C@H]2C3c4ccccc4C(c4ccccc43)[C@@H]2C1=O. The van der Waals surface area contributed by atoms with E-state index < -0.39 is 23.8 Å². The number of aliphatic carboxylic acids is 1. The largest absolute Gasteiger partial charge is 0.480 e. The van der Waals surface area contributed by atoms with Gasteiger partial charge in [-0.05, 0) is 29.2 Å². The van der Waals surface area contributed by atoms with E-state index in [4.69, 9.17) is 0 Å². The van der Waals surface area contributed by atoms with Crippen molar-refractivity contribution < 1.29 is 19.5 Å². The van der Waals surface area contributed by atoms with Crippen LogP contribution in [-0.2, 0) is 14.4 Å². The highest BCUT2D eigenvalue weighted by molar-refractivity contribution is 6.09. The lowest BCUT2D eigenvalue weighted by atomic mass is 9.55. The summed E-state index contributed by atoms with van der Waals surface area (Å²) in [5.74, 6) is -3.28. The topological polar surface area (TPSA) is 74.7 Å². The van der Waals surface area contributed by atoms with Gasteiger partial charge in [0.1, 0.15) is 6.04 Å². The van der Waals surface area contributed by atoms with Crippen LogP contribution >= 0.6 is 0 Å². The van der Waals surface area contributed by atoms with E-state index in [1.165, 1.54) is 6.92 Å². The van der Waals surface area contributed by atoms with E-state index in [0.717, 1.165) is 27.2 Å². The number of hydrogen-bond donors (Lipinski definition) is 1. The maximum atomic E-state index is 13.1. The number of rotatable bonds is 2. The number of benzene rings is 2. The number of carbonyl (C=O) groups is 3. The molecule has 4 aliphatic rings. The van der Waals surface area contributed by atoms with Crippen LogP contribution in [0.4, 0.5) is 0 Å². The van der Waals surface area contributed by atoms with Crippen molar-refractivity contribution in [3.63, 3.8) is 0 Å². The molecule has 2 aromatic carbocycles. The number of likely N-dealkylation sites (tertiary alicyclic amines) is 1. The van der Waals surface area contributed by atoms with E-state index in [2.05, 4.69) is 0 Å². The molecular weight excluding hydrogens is 330 g/mol. The lowest BCUT2D eigenvalue weighted by molar-refractivity contribution is -0.154. The van der Waals surface area contributed by atoms with Gasteiger partial charge in [-0.1, -0.05) is 48.5 Å². The van der Waals surface area contributed by atoms with Crippen molar-refractivity contribution in [2.75, 3.05) is 0 Å². The number of carboxylic acid groups (broad SMARTS) is 1. The molecule has 2 aromatic rings. The molecule has 130 valence electrons. The third-order valence-electron chi connectivity index (χ3n) is 6.23. The van der Waals surface area contributed by atoms with Crippen LogP contribution in [0.25, 0.3) is 0 Å². The minimum Gasteiger partial charge on any atom is -0.480 e. The summed E-state index contributed by atoms with van der Waals surface area (Å²) in [4.78, 5) is 38.7. The number of imide groups is 1. The average molecular weight is 347 g/mol. The summed E-state index contributed by atoms with van der Waals surface area (Å²) in [6.07, 6.45) is 0. The second-order valence-electron chi connectivity index (χ2n) is 7.33. The first-order valence-electron chi connectivity index (χ1n) is 8.79. The van der Waals surface area contributed by atoms with E-state index in [1.807, 2.05) is 48.5 Å². The molecule has 0 aromatic heterocycles. The van der Waals surface area contributed by atoms with Crippen molar-refractivity contribution in [3.8, 4) is 0 Å². The zero-order valence-electron chi connectivity index (χ0n) is 14.1. The fourth-order valence-corrected chi connectivity index (χ4v) is 5.19. The molecular formula is C21H17NO4. The normalized spacial score (nSPS) is 29.2. The Balaban J connectivity index is 1.74. The van der Waals surface area contributed by atoms with E-state index >= 15 is 0 Å². The van der Waals surface area contributed by atoms with Gasteiger partial charge in [0.05, 0.1) is 11.8 Å². The highest BCUT2D eigenvalue weighted by Crippen LogP contribution is 2.61. The monoisotopic (exact) mass is 347 g/mol. The molecule has 5 heteroatoms. The summed E-state index contributed by atoms with van der Waals surface area (Å²) in [6.45, 7) is 1.40. The van der Waals surface area contributed by atoms with Crippen LogP contribution in [0, 0.1) is 11.8 Å². The van der Waals surface area contributed by atoms with Gasteiger partial charge in [0.15, 0.2) is 0 Å². The molecule has 2 bridgehead atoms. The first-order valence-corrected chi connectivity index (χ1v) is 8.79. The van der Waals surface area contributed by atoms with Gasteiger partial charge in [0, 0.05) is 11.8 Å². The van der Waals surface area contributed by atoms with Crippen LogP contribution < -0.4 is 0 Å². The molecule has 1 aliphatic heterocycles. The van der Waals surface area contributed by atoms with Crippen LogP contribution in [-0.4, -0.2) is 33.8 Å². The van der Waals surface area contributed by atoms with E-state index in [0.29, 0.717) is 0 Å². The summed E-state index contributed by atoms with van der Waals surface area (Å²) in [5.41, 5.74) is 4.35. The summed E-state index contributed by atoms with van der Waals surface area (Å²) in [7, 11) is 0. The van der Waals surface area contributed by atoms with Gasteiger partial charge in [0.2, 0.25) is 11.8 Å². The van der Waals surface area contributed by atoms with Gasteiger partial charge in [0.25, 0.3) is 0 Å². The zero-order chi connectivity index (χ0) is 18.2. The molecule has 1 saturated heterocycles. The summed E-state index contributed by atoms with van der Waals surface area (Å²) in [5, 5.41) is 9.36. The molecule has 0 saturated carbocycles. The number of carboxylic acids is 1. The molecule has 1 heterocycles. The molecule has 5 nitrogen and oxygen atoms in total. The minimum absolute atomic E-state index is 0.195. The molecule has 2 amide bonds. The number of nitrogens with zero attached hydrogens (tertiary/aromatic N) is 1. The lowest BCUT2D eigenvalue weighted by Crippen LogP contribution is -2.43. The standard InChI is InChI=1S/C21H17NO4/c1-10(21(25)26)22-19(23)17-15-11-6-2-3-7-12(11)16(18(17)20(22)24)14-9-5-4-8-13(14)15/h2-10,15-18H,1H3,(H,25,26)/t10-,15?,16?,17-,18-/m0/s1. The first kappa shape index (κ1) is 15.3. The van der Waals surface area contributed by atoms with Gasteiger partial charge < -0.3 is 5.11 Å². The molecule has 0 spiro atoms. The second-order valence-corrected chi connectivity index (χ2v) is 7.33. The van der Waals surface area contributed by atoms with E-state index in [1.54, 1.807) is 0 Å². The maximum Gasteiger partial charge on any atom is 0.326 e. The van der Waals surface area contributed by atoms with Crippen molar-refractivity contribution in [2.45, 2.75) is 24.8 Å². The molecule has 0 radical (unpaired) electrons. The van der Waals surface area contributed by atoms with Crippen molar-refractivity contribution in [2.24, 2.45) is 11.8 Å². The fourth-order valence-electron chi connectivity index (χ4n) is 5.19. The Hall–Kier alpha value is -2.95. The molecule has 3 aliphatic carbocycles. The van der Waals surface area contributed by atoms with Crippen LogP contribution in [0.5, 0.6) is 0 Å². The third kappa shape index (κ3) is 1.68. The first-order chi connectivity index (χ1) is 12.5. The molecule has 1 fully saturated rings. The van der Waals surface area contributed by atoms with Crippen LogP contribution in [0.1, 0.15) is 41.0 Å². The van der Waals surface area contributed by atoms with Crippen molar-refractivity contribution in [1.29, 1.82) is 0 Å². The Labute approximate surface area is 150 Å². The second kappa shape index (κ2) is 5.04. The van der Waals surface area contributed by atoms with Crippen molar-refractivity contribution >= 4 is 17.8 Å². The predicted molar refractivity (Wildman–Crippen MR) is 92.5 cm³/mol. The third-order valence-corrected chi connectivity index (χ3v) is 6.23. The average Bonchev–Trinajstić information content (AvgIpc) is 2.92. The maximum absolute atomic E-state index is 13.1. The predicted octanol–water partition coefficient (Wildman–Crippen LogP) is 2.35. The number of amides is 2. The van der Waals surface area contributed by atoms with Gasteiger partial charge >= 0.3 is 5.97 Å². The quantitative estimate of drug-likeness (QED) is 0.846. The van der Waals surface area contributed by atoms with Gasteiger partial charge in [-0.2, -0.15) is 0 Å². The molecule has 0 unspecified atom stereocenters. The van der Waals surface area contributed by atoms with Gasteiger partial charge in [-0.3, -0.25) is 14.5 Å². The Kier molecular flexibility index (Phi) is 2.97. The number of carbonyl (C=O) groups excluding carboxylic acids is 2. The van der Waals surface area contributed by atoms with E-state index in [9.17, 15) is 19.5 Å². The molecule has 3 atom stereocenters. The highest BCUT2D eigenvalue weighted by atomic mass is 16.4. The Bertz CT molecular complexity index is 866. The Morgan fingerprint density at radius 1 is 0.846 bits per heavy atom. The highest BCUT2D eigenvalue weighted by Gasteiger charge is 2.62. The van der Waals surface area contributed by atoms with Crippen molar-refractivity contribution in [3.05, 3.63) is 70.8 Å². The smallest absolute Gasteiger partial charge is 0.326 e. The van der Waals surface area contributed by atoms with E-state index in [-0.39, 0.29) is 23.7 Å². The lowest BCUT2D eigenvalue weighted by Gasteiger charge is -2.45.